The third-order valence-electron chi connectivity index (χ3n) is 10.00. The molecule has 2 aromatic heterocycles. The Kier molecular flexibility index (Phi) is 15.3. The Morgan fingerprint density at radius 3 is 1.20 bits per heavy atom. The number of carbonyl (C=O) groups is 2. The Labute approximate surface area is 347 Å². The molecular weight excluding hydrogens is 771 g/mol. The number of fused-ring (bicyclic) bond motifs is 2. The first kappa shape index (κ1) is 45.2. The van der Waals surface area contributed by atoms with E-state index in [-0.39, 0.29) is 36.6 Å². The minimum Gasteiger partial charge on any atom is -0.481 e. The van der Waals surface area contributed by atoms with Crippen LogP contribution in [-0.4, -0.2) is 76.1 Å². The van der Waals surface area contributed by atoms with Gasteiger partial charge in [-0.25, -0.2) is 8.78 Å². The van der Waals surface area contributed by atoms with E-state index in [1.807, 2.05) is 48.5 Å². The van der Waals surface area contributed by atoms with Gasteiger partial charge in [-0.05, 0) is 87.4 Å². The summed E-state index contributed by atoms with van der Waals surface area (Å²) < 4.78 is 31.3. The highest BCUT2D eigenvalue weighted by Crippen LogP contribution is 2.39. The number of aliphatic carboxylic acids is 2. The SMILES string of the molecule is CC(C)n1c(/C=C/[C@@H](O)C[C@@H](O)CC(=O)O)c(-c2ccc(F)cc2)c2ccccc21.CC(C)n1c(/C=C/[C@H](O)C[C@H](O)CC(=O)O)c(-c2ccc(F)cc2)c2ccccc21. The lowest BCUT2D eigenvalue weighted by molar-refractivity contribution is -0.140. The van der Waals surface area contributed by atoms with Gasteiger partial charge in [0.15, 0.2) is 0 Å². The number of carboxylic acids is 2. The van der Waals surface area contributed by atoms with Crippen LogP contribution in [0, 0.1) is 11.6 Å². The van der Waals surface area contributed by atoms with Gasteiger partial charge in [-0.3, -0.25) is 9.59 Å². The van der Waals surface area contributed by atoms with Crippen molar-refractivity contribution in [2.45, 2.75) is 89.9 Å². The molecule has 0 bridgehead atoms. The van der Waals surface area contributed by atoms with Gasteiger partial charge in [0.25, 0.3) is 0 Å². The first-order chi connectivity index (χ1) is 28.5. The summed E-state index contributed by atoms with van der Waals surface area (Å²) in [6, 6.07) is 28.7. The first-order valence-electron chi connectivity index (χ1n) is 19.9. The van der Waals surface area contributed by atoms with Crippen molar-refractivity contribution in [3.63, 3.8) is 0 Å². The van der Waals surface area contributed by atoms with E-state index in [0.29, 0.717) is 0 Å². The molecule has 0 spiro atoms. The van der Waals surface area contributed by atoms with Crippen LogP contribution < -0.4 is 0 Å². The average Bonchev–Trinajstić information content (AvgIpc) is 3.69. The Balaban J connectivity index is 0.000000228. The Morgan fingerprint density at radius 1 is 0.550 bits per heavy atom. The minimum atomic E-state index is -1.13. The largest absolute Gasteiger partial charge is 0.481 e. The lowest BCUT2D eigenvalue weighted by Crippen LogP contribution is -2.19. The van der Waals surface area contributed by atoms with E-state index in [9.17, 15) is 38.8 Å². The number of carboxylic acid groups (broad SMARTS) is 2. The van der Waals surface area contributed by atoms with Crippen LogP contribution >= 0.6 is 0 Å². The number of aliphatic hydroxyl groups is 4. The second kappa shape index (κ2) is 20.4. The van der Waals surface area contributed by atoms with Crippen molar-refractivity contribution in [2.24, 2.45) is 0 Å². The molecular formula is C48H52F2N2O8. The molecule has 0 unspecified atom stereocenters. The summed E-state index contributed by atoms with van der Waals surface area (Å²) in [5, 5.41) is 59.7. The molecule has 10 nitrogen and oxygen atoms in total. The smallest absolute Gasteiger partial charge is 0.305 e. The Bertz CT molecular complexity index is 2280. The van der Waals surface area contributed by atoms with Gasteiger partial charge in [0.2, 0.25) is 0 Å². The van der Waals surface area contributed by atoms with Gasteiger partial charge in [0.1, 0.15) is 11.6 Å². The van der Waals surface area contributed by atoms with E-state index < -0.39 is 49.2 Å². The molecule has 6 N–H and O–H groups in total. The predicted molar refractivity (Wildman–Crippen MR) is 231 cm³/mol. The molecule has 316 valence electrons. The van der Waals surface area contributed by atoms with Gasteiger partial charge in [0.05, 0.1) is 37.3 Å². The highest BCUT2D eigenvalue weighted by molar-refractivity contribution is 6.02. The average molecular weight is 823 g/mol. The van der Waals surface area contributed by atoms with Gasteiger partial charge < -0.3 is 39.8 Å². The van der Waals surface area contributed by atoms with Crippen LogP contribution in [0.2, 0.25) is 0 Å². The fourth-order valence-corrected chi connectivity index (χ4v) is 7.54. The third kappa shape index (κ3) is 11.2. The van der Waals surface area contributed by atoms with Crippen LogP contribution in [-0.2, 0) is 9.59 Å². The number of aliphatic hydroxyl groups excluding tert-OH is 4. The molecule has 12 heteroatoms. The molecule has 0 saturated carbocycles. The maximum absolute atomic E-state index is 13.5. The van der Waals surface area contributed by atoms with Crippen molar-refractivity contribution < 1.29 is 49.0 Å². The predicted octanol–water partition coefficient (Wildman–Crippen LogP) is 9.26. The molecule has 0 radical (unpaired) electrons. The molecule has 0 amide bonds. The van der Waals surface area contributed by atoms with Crippen LogP contribution in [0.25, 0.3) is 56.2 Å². The zero-order valence-corrected chi connectivity index (χ0v) is 34.0. The number of halogens is 2. The summed E-state index contributed by atoms with van der Waals surface area (Å²) >= 11 is 0. The maximum Gasteiger partial charge on any atom is 0.305 e. The summed E-state index contributed by atoms with van der Waals surface area (Å²) in [6.07, 6.45) is 1.45. The zero-order valence-electron chi connectivity index (χ0n) is 34.0. The molecule has 0 aliphatic carbocycles. The summed E-state index contributed by atoms with van der Waals surface area (Å²) in [7, 11) is 0. The molecule has 0 fully saturated rings. The second-order valence-corrected chi connectivity index (χ2v) is 15.3. The summed E-state index contributed by atoms with van der Waals surface area (Å²) in [6.45, 7) is 8.24. The van der Waals surface area contributed by atoms with Crippen molar-refractivity contribution in [1.82, 2.24) is 9.13 Å². The van der Waals surface area contributed by atoms with Gasteiger partial charge in [-0.2, -0.15) is 0 Å². The van der Waals surface area contributed by atoms with Crippen molar-refractivity contribution in [2.75, 3.05) is 0 Å². The molecule has 0 aliphatic rings. The number of para-hydroxylation sites is 2. The van der Waals surface area contributed by atoms with Gasteiger partial charge in [-0.15, -0.1) is 0 Å². The lowest BCUT2D eigenvalue weighted by Gasteiger charge is -2.15. The summed E-state index contributed by atoms with van der Waals surface area (Å²) in [5.41, 5.74) is 7.30. The van der Waals surface area contributed by atoms with Crippen molar-refractivity contribution in [3.05, 3.63) is 132 Å². The molecule has 60 heavy (non-hydrogen) atoms. The van der Waals surface area contributed by atoms with E-state index in [0.717, 1.165) is 55.4 Å². The van der Waals surface area contributed by atoms with Crippen molar-refractivity contribution in [1.29, 1.82) is 0 Å². The molecule has 0 saturated heterocycles. The fraction of sp³-hybridized carbons (Fsp3) is 0.292. The van der Waals surface area contributed by atoms with Crippen molar-refractivity contribution >= 4 is 45.9 Å². The number of aromatic nitrogens is 2. The van der Waals surface area contributed by atoms with Crippen LogP contribution in [0.4, 0.5) is 8.78 Å². The zero-order chi connectivity index (χ0) is 43.7. The summed E-state index contributed by atoms with van der Waals surface area (Å²) in [4.78, 5) is 21.5. The first-order valence-corrected chi connectivity index (χ1v) is 19.9. The van der Waals surface area contributed by atoms with E-state index in [4.69, 9.17) is 10.2 Å². The van der Waals surface area contributed by atoms with Gasteiger partial charge in [0, 0.05) is 69.2 Å². The quantitative estimate of drug-likeness (QED) is 0.0562. The molecule has 4 atom stereocenters. The Morgan fingerprint density at radius 2 is 0.883 bits per heavy atom. The highest BCUT2D eigenvalue weighted by atomic mass is 19.1. The number of hydrogen-bond acceptors (Lipinski definition) is 6. The third-order valence-corrected chi connectivity index (χ3v) is 10.00. The minimum absolute atomic E-state index is 0.0728. The molecule has 6 rings (SSSR count). The molecule has 4 aromatic carbocycles. The van der Waals surface area contributed by atoms with E-state index in [2.05, 4.69) is 36.8 Å². The van der Waals surface area contributed by atoms with Crippen LogP contribution in [0.1, 0.15) is 76.8 Å². The topological polar surface area (TPSA) is 165 Å². The van der Waals surface area contributed by atoms with Gasteiger partial charge in [-0.1, -0.05) is 72.8 Å². The monoisotopic (exact) mass is 822 g/mol. The van der Waals surface area contributed by atoms with Crippen LogP contribution in [0.5, 0.6) is 0 Å². The Hall–Kier alpha value is -5.92. The number of rotatable bonds is 16. The normalized spacial score (nSPS) is 13.9. The van der Waals surface area contributed by atoms with Crippen LogP contribution in [0.15, 0.2) is 109 Å². The van der Waals surface area contributed by atoms with E-state index >= 15 is 0 Å². The van der Waals surface area contributed by atoms with E-state index in [1.54, 1.807) is 48.6 Å². The highest BCUT2D eigenvalue weighted by Gasteiger charge is 2.21. The van der Waals surface area contributed by atoms with Crippen LogP contribution in [0.3, 0.4) is 0 Å². The number of hydrogen-bond donors (Lipinski definition) is 6. The molecule has 0 aliphatic heterocycles. The second-order valence-electron chi connectivity index (χ2n) is 15.3. The summed E-state index contributed by atoms with van der Waals surface area (Å²) in [5.74, 6) is -2.85. The van der Waals surface area contributed by atoms with Gasteiger partial charge >= 0.3 is 11.9 Å². The standard InChI is InChI=1S/2C24H26FNO4/c2*1-15(2)26-21-6-4-3-5-20(21)24(16-7-9-17(25)10-8-16)22(26)12-11-18(27)13-19(28)14-23(29)30/h2*3-12,15,18-19,27-28H,13-14H2,1-2H3,(H,29,30)/b2*12-11+/t2*18-,19-/m10/s1. The molecule has 2 heterocycles. The fourth-order valence-electron chi connectivity index (χ4n) is 7.54. The molecule has 6 aromatic rings. The van der Waals surface area contributed by atoms with E-state index in [1.165, 1.54) is 24.3 Å². The maximum atomic E-state index is 13.5. The van der Waals surface area contributed by atoms with Crippen molar-refractivity contribution in [3.8, 4) is 22.3 Å². The lowest BCUT2D eigenvalue weighted by atomic mass is 10.0. The number of nitrogens with zero attached hydrogens (tertiary/aromatic N) is 2. The number of benzene rings is 4.